The molecule has 0 saturated carbocycles. The molecule has 5 heteroatoms. The topological polar surface area (TPSA) is 40.5 Å². The molecule has 0 aliphatic rings. The Hall–Kier alpha value is 0.130. The minimum Gasteiger partial charge on any atom is -0.480 e. The van der Waals surface area contributed by atoms with Crippen LogP contribution in [0.1, 0.15) is 52.4 Å². The molecular weight excluding hydrogens is 266 g/mol. The summed E-state index contributed by atoms with van der Waals surface area (Å²) in [6.45, 7) is 5.07. The molecular formula is C13H27NO2S2. The number of rotatable bonds is 11. The van der Waals surface area contributed by atoms with Crippen LogP contribution in [0.15, 0.2) is 0 Å². The van der Waals surface area contributed by atoms with Crippen LogP contribution in [0.2, 0.25) is 0 Å². The number of carbonyl (C=O) groups is 1. The van der Waals surface area contributed by atoms with Crippen LogP contribution in [0.4, 0.5) is 0 Å². The van der Waals surface area contributed by atoms with Crippen LogP contribution in [0.25, 0.3) is 0 Å². The number of hydrogen-bond acceptors (Lipinski definition) is 4. The molecule has 0 saturated heterocycles. The molecule has 1 N–H and O–H groups in total. The summed E-state index contributed by atoms with van der Waals surface area (Å²) in [4.78, 5) is 13.2. The van der Waals surface area contributed by atoms with Crippen molar-refractivity contribution in [1.82, 2.24) is 4.90 Å². The first-order valence-corrected chi connectivity index (χ1v) is 8.00. The number of unbranched alkanes of at least 4 members (excludes halogenated alkanes) is 3. The summed E-state index contributed by atoms with van der Waals surface area (Å²) in [6, 6.07) is -0.524. The third kappa shape index (κ3) is 6.90. The van der Waals surface area contributed by atoms with Crippen LogP contribution in [0.5, 0.6) is 0 Å². The maximum Gasteiger partial charge on any atom is 0.321 e. The predicted molar refractivity (Wildman–Crippen MR) is 83.8 cm³/mol. The minimum atomic E-state index is -0.794. The lowest BCUT2D eigenvalue weighted by Crippen LogP contribution is -2.47. The van der Waals surface area contributed by atoms with Crippen molar-refractivity contribution in [2.45, 2.75) is 63.8 Å². The van der Waals surface area contributed by atoms with Crippen LogP contribution in [0, 0.1) is 0 Å². The van der Waals surface area contributed by atoms with E-state index in [9.17, 15) is 9.90 Å². The molecule has 0 aliphatic carbocycles. The van der Waals surface area contributed by atoms with Crippen molar-refractivity contribution in [2.24, 2.45) is 0 Å². The summed E-state index contributed by atoms with van der Waals surface area (Å²) in [5, 5.41) is 9.27. The molecule has 1 unspecified atom stereocenters. The summed E-state index contributed by atoms with van der Waals surface area (Å²) in [5.41, 5.74) is 0. The Morgan fingerprint density at radius 2 is 1.83 bits per heavy atom. The Bertz CT molecular complexity index is 227. The Labute approximate surface area is 122 Å². The molecule has 18 heavy (non-hydrogen) atoms. The number of hydrogen-bond donors (Lipinski definition) is 3. The van der Waals surface area contributed by atoms with Crippen molar-refractivity contribution >= 4 is 31.2 Å². The molecule has 0 spiro atoms. The van der Waals surface area contributed by atoms with Gasteiger partial charge in [-0.3, -0.25) is 9.69 Å². The molecule has 0 fully saturated rings. The Kier molecular flexibility index (Phi) is 11.1. The van der Waals surface area contributed by atoms with Gasteiger partial charge in [0.1, 0.15) is 6.04 Å². The van der Waals surface area contributed by atoms with Crippen molar-refractivity contribution in [3.8, 4) is 0 Å². The Morgan fingerprint density at radius 3 is 2.28 bits per heavy atom. The summed E-state index contributed by atoms with van der Waals surface area (Å²) >= 11 is 8.75. The van der Waals surface area contributed by atoms with Crippen LogP contribution in [-0.4, -0.2) is 39.7 Å². The lowest BCUT2D eigenvalue weighted by Gasteiger charge is -2.33. The van der Waals surface area contributed by atoms with Crippen molar-refractivity contribution in [3.05, 3.63) is 0 Å². The van der Waals surface area contributed by atoms with E-state index in [1.165, 1.54) is 0 Å². The van der Waals surface area contributed by atoms with Gasteiger partial charge in [-0.2, -0.15) is 25.3 Å². The highest BCUT2D eigenvalue weighted by atomic mass is 32.1. The molecule has 0 rings (SSSR count). The van der Waals surface area contributed by atoms with Gasteiger partial charge in [-0.15, -0.1) is 0 Å². The molecule has 108 valence electrons. The van der Waals surface area contributed by atoms with Crippen LogP contribution in [-0.2, 0) is 4.79 Å². The average molecular weight is 293 g/mol. The molecule has 3 nitrogen and oxygen atoms in total. The molecule has 0 aliphatic heterocycles. The van der Waals surface area contributed by atoms with Gasteiger partial charge in [0.15, 0.2) is 0 Å². The van der Waals surface area contributed by atoms with E-state index in [1.807, 2.05) is 4.90 Å². The summed E-state index contributed by atoms with van der Waals surface area (Å²) in [5.74, 6) is -0.456. The number of carboxylic acids is 1. The highest BCUT2D eigenvalue weighted by Gasteiger charge is 2.27. The van der Waals surface area contributed by atoms with Gasteiger partial charge in [0.2, 0.25) is 0 Å². The summed E-state index contributed by atoms with van der Waals surface area (Å²) in [6.07, 6.45) is 6.42. The summed E-state index contributed by atoms with van der Waals surface area (Å²) < 4.78 is 0. The fourth-order valence-electron chi connectivity index (χ4n) is 1.93. The molecule has 2 atom stereocenters. The third-order valence-corrected chi connectivity index (χ3v) is 3.98. The van der Waals surface area contributed by atoms with E-state index in [1.54, 1.807) is 0 Å². The lowest BCUT2D eigenvalue weighted by molar-refractivity contribution is -0.142. The van der Waals surface area contributed by atoms with Gasteiger partial charge in [0.05, 0.1) is 5.37 Å². The van der Waals surface area contributed by atoms with E-state index in [2.05, 4.69) is 39.1 Å². The van der Waals surface area contributed by atoms with Crippen molar-refractivity contribution in [2.75, 3.05) is 12.3 Å². The van der Waals surface area contributed by atoms with Gasteiger partial charge < -0.3 is 5.11 Å². The molecule has 0 aromatic heterocycles. The van der Waals surface area contributed by atoms with Crippen molar-refractivity contribution < 1.29 is 9.90 Å². The smallest absolute Gasteiger partial charge is 0.321 e. The second-order valence-electron chi connectivity index (χ2n) is 4.60. The van der Waals surface area contributed by atoms with Gasteiger partial charge >= 0.3 is 5.97 Å². The second-order valence-corrected chi connectivity index (χ2v) is 5.57. The standard InChI is InChI=1S/C13H27NO2S2/c1-3-5-7-9-14(11(10-17)13(15)16)12(18)8-6-4-2/h11-12,17-18H,3-10H2,1-2H3,(H,15,16)/t11-,12?/m0/s1. The molecule has 0 aromatic carbocycles. The van der Waals surface area contributed by atoms with E-state index in [0.717, 1.165) is 45.1 Å². The van der Waals surface area contributed by atoms with E-state index < -0.39 is 12.0 Å². The van der Waals surface area contributed by atoms with Crippen LogP contribution >= 0.6 is 25.3 Å². The summed E-state index contributed by atoms with van der Waals surface area (Å²) in [7, 11) is 0. The fourth-order valence-corrected chi connectivity index (χ4v) is 2.76. The van der Waals surface area contributed by atoms with Crippen molar-refractivity contribution in [3.63, 3.8) is 0 Å². The van der Waals surface area contributed by atoms with E-state index in [4.69, 9.17) is 0 Å². The zero-order valence-corrected chi connectivity index (χ0v) is 13.3. The Balaban J connectivity index is 4.51. The van der Waals surface area contributed by atoms with E-state index in [-0.39, 0.29) is 5.37 Å². The SMILES string of the molecule is CCCCCN(C(S)CCCC)[C@@H](CS)C(=O)O. The first-order valence-electron chi connectivity index (χ1n) is 6.85. The van der Waals surface area contributed by atoms with Gasteiger partial charge in [-0.05, 0) is 12.8 Å². The monoisotopic (exact) mass is 293 g/mol. The quantitative estimate of drug-likeness (QED) is 0.311. The van der Waals surface area contributed by atoms with Gasteiger partial charge in [-0.1, -0.05) is 39.5 Å². The predicted octanol–water partition coefficient (Wildman–Crippen LogP) is 3.31. The fraction of sp³-hybridized carbons (Fsp3) is 0.923. The normalized spacial score (nSPS) is 14.7. The zero-order chi connectivity index (χ0) is 14.0. The van der Waals surface area contributed by atoms with Crippen LogP contribution < -0.4 is 0 Å². The highest BCUT2D eigenvalue weighted by molar-refractivity contribution is 7.81. The van der Waals surface area contributed by atoms with Gasteiger partial charge in [0, 0.05) is 12.3 Å². The van der Waals surface area contributed by atoms with Crippen molar-refractivity contribution in [1.29, 1.82) is 0 Å². The first kappa shape index (κ1) is 18.1. The maximum absolute atomic E-state index is 11.3. The number of aliphatic carboxylic acids is 1. The molecule has 0 heterocycles. The molecule has 0 radical (unpaired) electrons. The minimum absolute atomic E-state index is 0.0232. The Morgan fingerprint density at radius 1 is 1.22 bits per heavy atom. The first-order chi connectivity index (χ1) is 8.58. The van der Waals surface area contributed by atoms with Gasteiger partial charge in [0.25, 0.3) is 0 Å². The lowest BCUT2D eigenvalue weighted by atomic mass is 10.1. The molecule has 0 amide bonds. The van der Waals surface area contributed by atoms with Gasteiger partial charge in [-0.25, -0.2) is 0 Å². The average Bonchev–Trinajstić information content (AvgIpc) is 2.34. The molecule has 0 bridgehead atoms. The zero-order valence-electron chi connectivity index (χ0n) is 11.5. The maximum atomic E-state index is 11.3. The number of thiol groups is 2. The van der Waals surface area contributed by atoms with Crippen LogP contribution in [0.3, 0.4) is 0 Å². The highest BCUT2D eigenvalue weighted by Crippen LogP contribution is 2.18. The number of nitrogens with zero attached hydrogens (tertiary/aromatic N) is 1. The number of carboxylic acid groups (broad SMARTS) is 1. The van der Waals surface area contributed by atoms with E-state index in [0.29, 0.717) is 5.75 Å². The second kappa shape index (κ2) is 11.0. The third-order valence-electron chi connectivity index (χ3n) is 3.08. The molecule has 0 aromatic rings. The van der Waals surface area contributed by atoms with E-state index >= 15 is 0 Å². The largest absolute Gasteiger partial charge is 0.480 e.